The molecule has 2 aromatic carbocycles. The second-order valence-electron chi connectivity index (χ2n) is 8.74. The van der Waals surface area contributed by atoms with Crippen molar-refractivity contribution in [2.24, 2.45) is 0 Å². The molecule has 2 aromatic rings. The number of anilines is 2. The lowest BCUT2D eigenvalue weighted by molar-refractivity contribution is -0.121. The standard InChI is InChI=1S/C25H35N3O3S/c1-19-10-7-13-23(21(19)3)28(32(4,30)31)17-8-14-25(29)26-15-9-16-27-20(2)18-22-11-5-6-12-24(22)27/h5-7,10-13,20H,8-9,14-18H2,1-4H3,(H,26,29)/t20-/m1/s1. The van der Waals surface area contributed by atoms with Crippen LogP contribution < -0.4 is 14.5 Å². The fourth-order valence-electron chi connectivity index (χ4n) is 4.39. The number of sulfonamides is 1. The van der Waals surface area contributed by atoms with Crippen LogP contribution in [-0.4, -0.2) is 46.3 Å². The largest absolute Gasteiger partial charge is 0.368 e. The van der Waals surface area contributed by atoms with Crippen LogP contribution >= 0.6 is 0 Å². The average molecular weight is 458 g/mol. The molecular weight excluding hydrogens is 422 g/mol. The van der Waals surface area contributed by atoms with E-state index in [9.17, 15) is 13.2 Å². The average Bonchev–Trinajstić information content (AvgIpc) is 3.05. The van der Waals surface area contributed by atoms with Gasteiger partial charge in [0.15, 0.2) is 0 Å². The summed E-state index contributed by atoms with van der Waals surface area (Å²) in [4.78, 5) is 14.7. The van der Waals surface area contributed by atoms with Crippen molar-refractivity contribution < 1.29 is 13.2 Å². The van der Waals surface area contributed by atoms with Crippen LogP contribution in [0, 0.1) is 13.8 Å². The predicted octanol–water partition coefficient (Wildman–Crippen LogP) is 3.81. The normalized spacial score (nSPS) is 15.5. The molecule has 0 saturated heterocycles. The molecule has 0 aliphatic carbocycles. The number of nitrogens with zero attached hydrogens (tertiary/aromatic N) is 2. The van der Waals surface area contributed by atoms with Crippen molar-refractivity contribution in [2.75, 3.05) is 35.1 Å². The summed E-state index contributed by atoms with van der Waals surface area (Å²) in [5.74, 6) is -0.0331. The van der Waals surface area contributed by atoms with Gasteiger partial charge >= 0.3 is 0 Å². The fourth-order valence-corrected chi connectivity index (χ4v) is 5.41. The van der Waals surface area contributed by atoms with Crippen LogP contribution in [0.3, 0.4) is 0 Å². The molecule has 1 aliphatic rings. The first-order valence-electron chi connectivity index (χ1n) is 11.3. The third-order valence-corrected chi connectivity index (χ3v) is 7.44. The van der Waals surface area contributed by atoms with E-state index in [-0.39, 0.29) is 5.91 Å². The molecule has 1 atom stereocenters. The molecule has 1 aliphatic heterocycles. The molecule has 1 N–H and O–H groups in total. The number of hydrogen-bond donors (Lipinski definition) is 1. The number of aryl methyl sites for hydroxylation is 1. The molecule has 0 unspecified atom stereocenters. The van der Waals surface area contributed by atoms with E-state index in [1.807, 2.05) is 32.0 Å². The van der Waals surface area contributed by atoms with Gasteiger partial charge in [-0.1, -0.05) is 30.3 Å². The summed E-state index contributed by atoms with van der Waals surface area (Å²) < 4.78 is 26.1. The highest BCUT2D eigenvalue weighted by Gasteiger charge is 2.24. The Balaban J connectivity index is 1.44. The highest BCUT2D eigenvalue weighted by atomic mass is 32.2. The monoisotopic (exact) mass is 457 g/mol. The quantitative estimate of drug-likeness (QED) is 0.551. The number of carbonyl (C=O) groups is 1. The maximum atomic E-state index is 12.3. The highest BCUT2D eigenvalue weighted by molar-refractivity contribution is 7.92. The van der Waals surface area contributed by atoms with Gasteiger partial charge in [0.1, 0.15) is 0 Å². The lowest BCUT2D eigenvalue weighted by Crippen LogP contribution is -2.34. The molecular formula is C25H35N3O3S. The van der Waals surface area contributed by atoms with Gasteiger partial charge in [-0.3, -0.25) is 9.10 Å². The van der Waals surface area contributed by atoms with Crippen LogP contribution in [0.15, 0.2) is 42.5 Å². The Kier molecular flexibility index (Phi) is 7.82. The lowest BCUT2D eigenvalue weighted by Gasteiger charge is -2.25. The second kappa shape index (κ2) is 10.4. The van der Waals surface area contributed by atoms with Crippen molar-refractivity contribution in [2.45, 2.75) is 52.5 Å². The Morgan fingerprint density at radius 1 is 1.12 bits per heavy atom. The Morgan fingerprint density at radius 3 is 2.62 bits per heavy atom. The number of fused-ring (bicyclic) bond motifs is 1. The van der Waals surface area contributed by atoms with Gasteiger partial charge in [-0.15, -0.1) is 0 Å². The first kappa shape index (κ1) is 24.1. The molecule has 0 saturated carbocycles. The van der Waals surface area contributed by atoms with Gasteiger partial charge in [0, 0.05) is 37.8 Å². The molecule has 0 spiro atoms. The summed E-state index contributed by atoms with van der Waals surface area (Å²) in [5.41, 5.74) is 5.37. The predicted molar refractivity (Wildman–Crippen MR) is 132 cm³/mol. The minimum absolute atomic E-state index is 0.0331. The third kappa shape index (κ3) is 5.82. The smallest absolute Gasteiger partial charge is 0.232 e. The highest BCUT2D eigenvalue weighted by Crippen LogP contribution is 2.31. The van der Waals surface area contributed by atoms with Gasteiger partial charge in [-0.05, 0) is 68.9 Å². The number of rotatable bonds is 10. The molecule has 0 aromatic heterocycles. The molecule has 6 nitrogen and oxygen atoms in total. The number of hydrogen-bond acceptors (Lipinski definition) is 4. The topological polar surface area (TPSA) is 69.7 Å². The fraction of sp³-hybridized carbons (Fsp3) is 0.480. The zero-order valence-corrected chi connectivity index (χ0v) is 20.4. The van der Waals surface area contributed by atoms with Crippen molar-refractivity contribution in [1.82, 2.24) is 5.32 Å². The summed E-state index contributed by atoms with van der Waals surface area (Å²) in [6.45, 7) is 7.95. The Bertz CT molecular complexity index is 1050. The minimum atomic E-state index is -3.42. The van der Waals surface area contributed by atoms with Crippen LogP contribution in [0.1, 0.15) is 42.9 Å². The van der Waals surface area contributed by atoms with Crippen molar-refractivity contribution in [1.29, 1.82) is 0 Å². The van der Waals surface area contributed by atoms with E-state index >= 15 is 0 Å². The summed E-state index contributed by atoms with van der Waals surface area (Å²) in [5, 5.41) is 2.98. The zero-order chi connectivity index (χ0) is 23.3. The maximum Gasteiger partial charge on any atom is 0.232 e. The second-order valence-corrected chi connectivity index (χ2v) is 10.6. The molecule has 0 bridgehead atoms. The van der Waals surface area contributed by atoms with Crippen molar-refractivity contribution >= 4 is 27.3 Å². The van der Waals surface area contributed by atoms with Gasteiger partial charge in [0.2, 0.25) is 15.9 Å². The zero-order valence-electron chi connectivity index (χ0n) is 19.6. The van der Waals surface area contributed by atoms with Crippen LogP contribution in [0.2, 0.25) is 0 Å². The third-order valence-electron chi connectivity index (χ3n) is 6.26. The van der Waals surface area contributed by atoms with E-state index in [0.717, 1.165) is 30.5 Å². The minimum Gasteiger partial charge on any atom is -0.368 e. The number of benzene rings is 2. The first-order valence-corrected chi connectivity index (χ1v) is 13.2. The summed E-state index contributed by atoms with van der Waals surface area (Å²) in [6.07, 6.45) is 3.94. The van der Waals surface area contributed by atoms with E-state index in [1.54, 1.807) is 0 Å². The Hall–Kier alpha value is -2.54. The SMILES string of the molecule is Cc1cccc(N(CCCC(=O)NCCCN2c3ccccc3C[C@H]2C)S(C)(=O)=O)c1C. The van der Waals surface area contributed by atoms with Crippen LogP contribution in [-0.2, 0) is 21.2 Å². The van der Waals surface area contributed by atoms with Crippen LogP contribution in [0.4, 0.5) is 11.4 Å². The van der Waals surface area contributed by atoms with E-state index in [1.165, 1.54) is 21.8 Å². The number of amides is 1. The summed E-state index contributed by atoms with van der Waals surface area (Å²) in [7, 11) is -3.42. The van der Waals surface area contributed by atoms with E-state index in [2.05, 4.69) is 41.4 Å². The molecule has 174 valence electrons. The molecule has 3 rings (SSSR count). The Morgan fingerprint density at radius 2 is 1.88 bits per heavy atom. The van der Waals surface area contributed by atoms with E-state index in [0.29, 0.717) is 37.7 Å². The summed E-state index contributed by atoms with van der Waals surface area (Å²) in [6, 6.07) is 14.6. The van der Waals surface area contributed by atoms with Gasteiger partial charge in [0.25, 0.3) is 0 Å². The lowest BCUT2D eigenvalue weighted by atomic mass is 10.1. The molecule has 0 fully saturated rings. The van der Waals surface area contributed by atoms with E-state index in [4.69, 9.17) is 0 Å². The maximum absolute atomic E-state index is 12.3. The first-order chi connectivity index (χ1) is 15.2. The van der Waals surface area contributed by atoms with Crippen LogP contribution in [0.5, 0.6) is 0 Å². The Labute approximate surface area is 192 Å². The van der Waals surface area contributed by atoms with E-state index < -0.39 is 10.0 Å². The van der Waals surface area contributed by atoms with Crippen LogP contribution in [0.25, 0.3) is 0 Å². The number of nitrogens with one attached hydrogen (secondary N) is 1. The molecule has 0 radical (unpaired) electrons. The molecule has 1 heterocycles. The van der Waals surface area contributed by atoms with Crippen molar-refractivity contribution in [3.63, 3.8) is 0 Å². The van der Waals surface area contributed by atoms with Gasteiger partial charge in [0.05, 0.1) is 11.9 Å². The number of para-hydroxylation sites is 1. The van der Waals surface area contributed by atoms with Crippen molar-refractivity contribution in [3.8, 4) is 0 Å². The number of carbonyl (C=O) groups excluding carboxylic acids is 1. The molecule has 7 heteroatoms. The van der Waals surface area contributed by atoms with Gasteiger partial charge in [-0.25, -0.2) is 8.42 Å². The molecule has 1 amide bonds. The molecule has 32 heavy (non-hydrogen) atoms. The van der Waals surface area contributed by atoms with Gasteiger partial charge < -0.3 is 10.2 Å². The summed E-state index contributed by atoms with van der Waals surface area (Å²) >= 11 is 0. The van der Waals surface area contributed by atoms with Crippen molar-refractivity contribution in [3.05, 3.63) is 59.2 Å². The van der Waals surface area contributed by atoms with Gasteiger partial charge in [-0.2, -0.15) is 0 Å².